The van der Waals surface area contributed by atoms with Gasteiger partial charge in [0.05, 0.1) is 25.7 Å². The van der Waals surface area contributed by atoms with Gasteiger partial charge in [0.2, 0.25) is 0 Å². The third kappa shape index (κ3) is 9.81. The predicted octanol–water partition coefficient (Wildman–Crippen LogP) is 2.51. The molecule has 0 spiro atoms. The average Bonchev–Trinajstić information content (AvgIpc) is 2.66. The minimum absolute atomic E-state index is 0.211. The molecule has 0 heterocycles. The minimum atomic E-state index is -4.15. The van der Waals surface area contributed by atoms with Gasteiger partial charge in [-0.3, -0.25) is 8.37 Å². The van der Waals surface area contributed by atoms with E-state index in [4.69, 9.17) is 17.4 Å². The van der Waals surface area contributed by atoms with Crippen molar-refractivity contribution >= 4 is 28.0 Å². The normalized spacial score (nSPS) is 12.6. The topological polar surface area (TPSA) is 126 Å². The largest absolute Gasteiger partial charge is 0.515 e. The van der Waals surface area contributed by atoms with Gasteiger partial charge in [0.15, 0.2) is 0 Å². The van der Waals surface area contributed by atoms with E-state index in [1.807, 2.05) is 0 Å². The maximum absolute atomic E-state index is 13.8. The van der Waals surface area contributed by atoms with E-state index < -0.39 is 28.0 Å². The molecule has 0 fully saturated rings. The van der Waals surface area contributed by atoms with Crippen molar-refractivity contribution in [3.05, 3.63) is 60.7 Å². The van der Waals surface area contributed by atoms with E-state index in [9.17, 15) is 21.4 Å². The second kappa shape index (κ2) is 11.1. The van der Waals surface area contributed by atoms with Crippen molar-refractivity contribution in [3.63, 3.8) is 0 Å². The molecule has 0 saturated carbocycles. The number of para-hydroxylation sites is 2. The SMILES string of the molecule is CS(=O)(=O)OCCN(CCOS(C)(=O)=O)P(=O)(Oc1ccccc1)Oc1ccccc1. The monoisotopic (exact) mass is 493 g/mol. The number of rotatable bonds is 13. The number of benzene rings is 2. The summed E-state index contributed by atoms with van der Waals surface area (Å²) in [6, 6.07) is 16.5. The van der Waals surface area contributed by atoms with Crippen LogP contribution in [0.25, 0.3) is 0 Å². The van der Waals surface area contributed by atoms with Gasteiger partial charge in [-0.1, -0.05) is 36.4 Å². The molecule has 10 nitrogen and oxygen atoms in total. The molecular formula is C18H24NO9PS2. The van der Waals surface area contributed by atoms with E-state index in [-0.39, 0.29) is 37.8 Å². The lowest BCUT2D eigenvalue weighted by Gasteiger charge is -2.29. The van der Waals surface area contributed by atoms with Crippen molar-refractivity contribution in [1.29, 1.82) is 0 Å². The smallest absolute Gasteiger partial charge is 0.404 e. The van der Waals surface area contributed by atoms with Gasteiger partial charge >= 0.3 is 7.75 Å². The minimum Gasteiger partial charge on any atom is -0.404 e. The first kappa shape index (κ1) is 25.3. The van der Waals surface area contributed by atoms with Gasteiger partial charge < -0.3 is 9.05 Å². The molecule has 0 aliphatic carbocycles. The molecule has 0 aromatic heterocycles. The fourth-order valence-electron chi connectivity index (χ4n) is 2.31. The molecule has 172 valence electrons. The quantitative estimate of drug-likeness (QED) is 0.303. The second-order valence-corrected chi connectivity index (χ2v) is 11.4. The highest BCUT2D eigenvalue weighted by molar-refractivity contribution is 7.86. The standard InChI is InChI=1S/C18H24NO9PS2/c1-30(21,22)25-15-13-19(14-16-26-31(2,23)24)29(20,27-17-9-5-3-6-10-17)28-18-11-7-4-8-12-18/h3-12H,13-16H2,1-2H3. The summed E-state index contributed by atoms with van der Waals surface area (Å²) in [4.78, 5) is 0. The number of hydrogen-bond donors (Lipinski definition) is 0. The van der Waals surface area contributed by atoms with Gasteiger partial charge in [-0.25, -0.2) is 4.57 Å². The molecule has 0 radical (unpaired) electrons. The van der Waals surface area contributed by atoms with E-state index in [0.717, 1.165) is 17.2 Å². The molecule has 0 unspecified atom stereocenters. The molecule has 31 heavy (non-hydrogen) atoms. The third-order valence-electron chi connectivity index (χ3n) is 3.57. The van der Waals surface area contributed by atoms with Crippen LogP contribution < -0.4 is 9.05 Å². The van der Waals surface area contributed by atoms with E-state index in [1.54, 1.807) is 60.7 Å². The molecule has 0 aliphatic heterocycles. The van der Waals surface area contributed by atoms with Crippen LogP contribution in [0.2, 0.25) is 0 Å². The van der Waals surface area contributed by atoms with Gasteiger partial charge in [-0.2, -0.15) is 21.5 Å². The summed E-state index contributed by atoms with van der Waals surface area (Å²) < 4.78 is 81.1. The molecule has 0 N–H and O–H groups in total. The Hall–Kier alpha value is -1.95. The highest BCUT2D eigenvalue weighted by Gasteiger charge is 2.37. The van der Waals surface area contributed by atoms with E-state index in [2.05, 4.69) is 0 Å². The Bertz CT molecular complexity index is 994. The summed E-state index contributed by atoms with van der Waals surface area (Å²) in [6.07, 6.45) is 1.76. The van der Waals surface area contributed by atoms with E-state index in [0.29, 0.717) is 0 Å². The van der Waals surface area contributed by atoms with Crippen LogP contribution in [-0.4, -0.2) is 60.3 Å². The third-order valence-corrected chi connectivity index (χ3v) is 6.73. The zero-order valence-electron chi connectivity index (χ0n) is 17.0. The molecule has 2 rings (SSSR count). The van der Waals surface area contributed by atoms with Crippen LogP contribution in [0.1, 0.15) is 0 Å². The zero-order valence-corrected chi connectivity index (χ0v) is 19.5. The highest BCUT2D eigenvalue weighted by atomic mass is 32.2. The summed E-state index contributed by atoms with van der Waals surface area (Å²) in [7, 11) is -11.7. The molecule has 0 bridgehead atoms. The number of hydrogen-bond acceptors (Lipinski definition) is 9. The van der Waals surface area contributed by atoms with Crippen LogP contribution in [0.3, 0.4) is 0 Å². The van der Waals surface area contributed by atoms with Crippen molar-refractivity contribution in [2.45, 2.75) is 0 Å². The molecule has 0 amide bonds. The maximum Gasteiger partial charge on any atom is 0.515 e. The average molecular weight is 493 g/mol. The van der Waals surface area contributed by atoms with Crippen LogP contribution in [0, 0.1) is 0 Å². The van der Waals surface area contributed by atoms with Gasteiger partial charge in [0.1, 0.15) is 11.5 Å². The lowest BCUT2D eigenvalue weighted by Crippen LogP contribution is -2.33. The summed E-state index contributed by atoms with van der Waals surface area (Å²) in [5.41, 5.74) is 0. The van der Waals surface area contributed by atoms with Crippen LogP contribution in [0.4, 0.5) is 0 Å². The fraction of sp³-hybridized carbons (Fsp3) is 0.333. The van der Waals surface area contributed by atoms with E-state index >= 15 is 0 Å². The Balaban J connectivity index is 2.32. The first-order valence-electron chi connectivity index (χ1n) is 9.00. The molecule has 2 aromatic carbocycles. The molecular weight excluding hydrogens is 469 g/mol. The highest BCUT2D eigenvalue weighted by Crippen LogP contribution is 2.51. The molecule has 0 saturated heterocycles. The number of nitrogens with zero attached hydrogens (tertiary/aromatic N) is 1. The van der Waals surface area contributed by atoms with Crippen molar-refractivity contribution in [2.75, 3.05) is 38.8 Å². The van der Waals surface area contributed by atoms with Crippen molar-refractivity contribution in [2.24, 2.45) is 0 Å². The summed E-state index contributed by atoms with van der Waals surface area (Å²) in [5.74, 6) is 0.472. The Morgan fingerprint density at radius 2 is 1.06 bits per heavy atom. The van der Waals surface area contributed by atoms with Gasteiger partial charge in [-0.05, 0) is 24.3 Å². The van der Waals surface area contributed by atoms with Gasteiger partial charge in [0.25, 0.3) is 20.2 Å². The molecule has 13 heteroatoms. The van der Waals surface area contributed by atoms with E-state index in [1.165, 1.54) is 0 Å². The Morgan fingerprint density at radius 1 is 0.710 bits per heavy atom. The Morgan fingerprint density at radius 3 is 1.39 bits per heavy atom. The van der Waals surface area contributed by atoms with Gasteiger partial charge in [-0.15, -0.1) is 0 Å². The molecule has 0 atom stereocenters. The first-order chi connectivity index (χ1) is 14.5. The Kier molecular flexibility index (Phi) is 9.04. The summed E-state index contributed by atoms with van der Waals surface area (Å²) in [5, 5.41) is 0. The first-order valence-corrected chi connectivity index (χ1v) is 14.1. The fourth-order valence-corrected chi connectivity index (χ4v) is 4.76. The van der Waals surface area contributed by atoms with Crippen molar-refractivity contribution < 1.29 is 38.8 Å². The molecule has 0 aliphatic rings. The predicted molar refractivity (Wildman–Crippen MR) is 115 cm³/mol. The molecule has 2 aromatic rings. The zero-order chi connectivity index (χ0) is 23.0. The Labute approximate surface area is 182 Å². The summed E-state index contributed by atoms with van der Waals surface area (Å²) >= 11 is 0. The van der Waals surface area contributed by atoms with Crippen LogP contribution in [0.5, 0.6) is 11.5 Å². The van der Waals surface area contributed by atoms with Crippen molar-refractivity contribution in [1.82, 2.24) is 4.67 Å². The van der Waals surface area contributed by atoms with Crippen molar-refractivity contribution in [3.8, 4) is 11.5 Å². The maximum atomic E-state index is 13.8. The lowest BCUT2D eigenvalue weighted by molar-refractivity contribution is 0.210. The van der Waals surface area contributed by atoms with Crippen LogP contribution in [0.15, 0.2) is 60.7 Å². The van der Waals surface area contributed by atoms with Crippen LogP contribution >= 0.6 is 7.75 Å². The van der Waals surface area contributed by atoms with Crippen LogP contribution in [-0.2, 0) is 33.2 Å². The second-order valence-electron chi connectivity index (χ2n) is 6.28. The summed E-state index contributed by atoms with van der Waals surface area (Å²) in [6.45, 7) is -1.15. The van der Waals surface area contributed by atoms with Gasteiger partial charge in [0, 0.05) is 13.1 Å². The lowest BCUT2D eigenvalue weighted by atomic mass is 10.3.